The van der Waals surface area contributed by atoms with Gasteiger partial charge in [0, 0.05) is 23.1 Å². The lowest BCUT2D eigenvalue weighted by atomic mass is 9.97. The van der Waals surface area contributed by atoms with Gasteiger partial charge in [0.15, 0.2) is 0 Å². The highest BCUT2D eigenvalue weighted by Crippen LogP contribution is 2.28. The van der Waals surface area contributed by atoms with Crippen LogP contribution in [0.25, 0.3) is 10.9 Å². The van der Waals surface area contributed by atoms with Crippen LogP contribution in [0.15, 0.2) is 18.3 Å². The maximum Gasteiger partial charge on any atom is 0.119 e. The molecule has 1 unspecified atom stereocenters. The molecular formula is C16H22N2O. The molecule has 3 rings (SSSR count). The Bertz CT molecular complexity index is 567. The number of benzene rings is 1. The number of methoxy groups -OCH3 is 1. The zero-order valence-electron chi connectivity index (χ0n) is 11.8. The lowest BCUT2D eigenvalue weighted by molar-refractivity contribution is 0.400. The Kier molecular flexibility index (Phi) is 3.47. The van der Waals surface area contributed by atoms with Crippen molar-refractivity contribution in [1.29, 1.82) is 0 Å². The number of fused-ring (bicyclic) bond motifs is 1. The summed E-state index contributed by atoms with van der Waals surface area (Å²) >= 11 is 0. The first-order chi connectivity index (χ1) is 9.28. The molecule has 1 fully saturated rings. The van der Waals surface area contributed by atoms with E-state index in [2.05, 4.69) is 35.6 Å². The predicted octanol–water partition coefficient (Wildman–Crippen LogP) is 3.17. The van der Waals surface area contributed by atoms with Crippen molar-refractivity contribution in [3.63, 3.8) is 0 Å². The summed E-state index contributed by atoms with van der Waals surface area (Å²) < 4.78 is 5.39. The second kappa shape index (κ2) is 5.25. The van der Waals surface area contributed by atoms with E-state index in [1.807, 2.05) is 0 Å². The molecule has 0 bridgehead atoms. The van der Waals surface area contributed by atoms with E-state index < -0.39 is 0 Å². The van der Waals surface area contributed by atoms with Gasteiger partial charge in [-0.15, -0.1) is 0 Å². The molecule has 1 aromatic carbocycles. The molecular weight excluding hydrogens is 236 g/mol. The van der Waals surface area contributed by atoms with E-state index in [0.717, 1.165) is 18.7 Å². The van der Waals surface area contributed by atoms with Crippen molar-refractivity contribution < 1.29 is 4.74 Å². The first-order valence-electron chi connectivity index (χ1n) is 7.16. The van der Waals surface area contributed by atoms with Gasteiger partial charge in [-0.2, -0.15) is 0 Å². The third kappa shape index (κ3) is 2.47. The van der Waals surface area contributed by atoms with Gasteiger partial charge in [-0.05, 0) is 56.0 Å². The third-order valence-electron chi connectivity index (χ3n) is 4.16. The standard InChI is InChI=1S/C16H22N2O/c1-11-7-14(19-2)9-15-12(10-18-16(11)15)8-13-5-3-4-6-17-13/h7,9-10,13,17-18H,3-6,8H2,1-2H3. The zero-order chi connectivity index (χ0) is 13.2. The fourth-order valence-corrected chi connectivity index (χ4v) is 3.09. The van der Waals surface area contributed by atoms with Crippen molar-refractivity contribution in [3.8, 4) is 5.75 Å². The van der Waals surface area contributed by atoms with Crippen LogP contribution < -0.4 is 10.1 Å². The van der Waals surface area contributed by atoms with Crippen LogP contribution in [0.3, 0.4) is 0 Å². The highest BCUT2D eigenvalue weighted by atomic mass is 16.5. The monoisotopic (exact) mass is 258 g/mol. The van der Waals surface area contributed by atoms with E-state index in [1.54, 1.807) is 7.11 Å². The molecule has 0 amide bonds. The maximum absolute atomic E-state index is 5.39. The van der Waals surface area contributed by atoms with Gasteiger partial charge in [-0.3, -0.25) is 0 Å². The van der Waals surface area contributed by atoms with E-state index in [0.29, 0.717) is 6.04 Å². The molecule has 0 radical (unpaired) electrons. The van der Waals surface area contributed by atoms with E-state index in [9.17, 15) is 0 Å². The quantitative estimate of drug-likeness (QED) is 0.887. The van der Waals surface area contributed by atoms with Gasteiger partial charge in [-0.25, -0.2) is 0 Å². The second-order valence-electron chi connectivity index (χ2n) is 5.53. The molecule has 2 aromatic rings. The maximum atomic E-state index is 5.39. The SMILES string of the molecule is COc1cc(C)c2[nH]cc(CC3CCCCN3)c2c1. The molecule has 102 valence electrons. The Hall–Kier alpha value is -1.48. The summed E-state index contributed by atoms with van der Waals surface area (Å²) in [5.74, 6) is 0.947. The first kappa shape index (κ1) is 12.5. The van der Waals surface area contributed by atoms with Gasteiger partial charge < -0.3 is 15.0 Å². The number of rotatable bonds is 3. The molecule has 2 N–H and O–H groups in total. The van der Waals surface area contributed by atoms with Gasteiger partial charge in [0.1, 0.15) is 5.75 Å². The van der Waals surface area contributed by atoms with Crippen LogP contribution >= 0.6 is 0 Å². The van der Waals surface area contributed by atoms with Crippen LogP contribution in [0, 0.1) is 6.92 Å². The lowest BCUT2D eigenvalue weighted by Crippen LogP contribution is -2.35. The number of aromatic amines is 1. The van der Waals surface area contributed by atoms with Gasteiger partial charge in [-0.1, -0.05) is 6.42 Å². The minimum Gasteiger partial charge on any atom is -0.497 e. The average Bonchev–Trinajstić information content (AvgIpc) is 2.83. The highest BCUT2D eigenvalue weighted by molar-refractivity contribution is 5.87. The van der Waals surface area contributed by atoms with Crippen molar-refractivity contribution in [3.05, 3.63) is 29.5 Å². The molecule has 1 aliphatic heterocycles. The minimum atomic E-state index is 0.624. The smallest absolute Gasteiger partial charge is 0.119 e. The molecule has 3 heteroatoms. The highest BCUT2D eigenvalue weighted by Gasteiger charge is 2.16. The van der Waals surface area contributed by atoms with Crippen molar-refractivity contribution in [1.82, 2.24) is 10.3 Å². The Morgan fingerprint density at radius 2 is 2.21 bits per heavy atom. The molecule has 1 saturated heterocycles. The lowest BCUT2D eigenvalue weighted by Gasteiger charge is -2.23. The topological polar surface area (TPSA) is 37.0 Å². The van der Waals surface area contributed by atoms with Gasteiger partial charge in [0.05, 0.1) is 7.11 Å². The third-order valence-corrected chi connectivity index (χ3v) is 4.16. The molecule has 1 atom stereocenters. The Balaban J connectivity index is 1.92. The molecule has 1 aliphatic rings. The summed E-state index contributed by atoms with van der Waals surface area (Å²) in [7, 11) is 1.73. The molecule has 3 nitrogen and oxygen atoms in total. The number of hydrogen-bond donors (Lipinski definition) is 2. The van der Waals surface area contributed by atoms with Crippen molar-refractivity contribution in [2.75, 3.05) is 13.7 Å². The molecule has 0 saturated carbocycles. The minimum absolute atomic E-state index is 0.624. The van der Waals surface area contributed by atoms with Crippen molar-refractivity contribution in [2.45, 2.75) is 38.6 Å². The largest absolute Gasteiger partial charge is 0.497 e. The number of aryl methyl sites for hydroxylation is 1. The summed E-state index contributed by atoms with van der Waals surface area (Å²) in [5.41, 5.74) is 3.89. The van der Waals surface area contributed by atoms with E-state index in [1.165, 1.54) is 41.3 Å². The second-order valence-corrected chi connectivity index (χ2v) is 5.53. The Morgan fingerprint density at radius 3 is 2.95 bits per heavy atom. The number of nitrogens with one attached hydrogen (secondary N) is 2. The van der Waals surface area contributed by atoms with Crippen LogP contribution in [0.2, 0.25) is 0 Å². The summed E-state index contributed by atoms with van der Waals surface area (Å²) in [6, 6.07) is 4.86. The normalized spacial score (nSPS) is 19.8. The number of H-pyrrole nitrogens is 1. The van der Waals surface area contributed by atoms with Crippen LogP contribution in [-0.4, -0.2) is 24.7 Å². The van der Waals surface area contributed by atoms with Crippen LogP contribution in [-0.2, 0) is 6.42 Å². The van der Waals surface area contributed by atoms with Gasteiger partial charge in [0.2, 0.25) is 0 Å². The summed E-state index contributed by atoms with van der Waals surface area (Å²) in [5, 5.41) is 4.93. The molecule has 2 heterocycles. The van der Waals surface area contributed by atoms with E-state index in [-0.39, 0.29) is 0 Å². The number of ether oxygens (including phenoxy) is 1. The van der Waals surface area contributed by atoms with Crippen molar-refractivity contribution >= 4 is 10.9 Å². The predicted molar refractivity (Wildman–Crippen MR) is 78.9 cm³/mol. The van der Waals surface area contributed by atoms with E-state index in [4.69, 9.17) is 4.74 Å². The zero-order valence-corrected chi connectivity index (χ0v) is 11.8. The van der Waals surface area contributed by atoms with Gasteiger partial charge in [0.25, 0.3) is 0 Å². The summed E-state index contributed by atoms with van der Waals surface area (Å²) in [6.45, 7) is 3.29. The fraction of sp³-hybridized carbons (Fsp3) is 0.500. The van der Waals surface area contributed by atoms with E-state index >= 15 is 0 Å². The van der Waals surface area contributed by atoms with Crippen molar-refractivity contribution in [2.24, 2.45) is 0 Å². The number of piperidine rings is 1. The van der Waals surface area contributed by atoms with Crippen LogP contribution in [0.4, 0.5) is 0 Å². The Labute approximate surface area is 114 Å². The van der Waals surface area contributed by atoms with Crippen LogP contribution in [0.5, 0.6) is 5.75 Å². The summed E-state index contributed by atoms with van der Waals surface area (Å²) in [4.78, 5) is 3.41. The fourth-order valence-electron chi connectivity index (χ4n) is 3.09. The average molecular weight is 258 g/mol. The first-order valence-corrected chi connectivity index (χ1v) is 7.16. The Morgan fingerprint density at radius 1 is 1.32 bits per heavy atom. The molecule has 0 spiro atoms. The molecule has 0 aliphatic carbocycles. The molecule has 1 aromatic heterocycles. The van der Waals surface area contributed by atoms with Gasteiger partial charge >= 0.3 is 0 Å². The molecule has 19 heavy (non-hydrogen) atoms. The van der Waals surface area contributed by atoms with Crippen LogP contribution in [0.1, 0.15) is 30.4 Å². The summed E-state index contributed by atoms with van der Waals surface area (Å²) in [6.07, 6.45) is 7.22. The number of aromatic nitrogens is 1. The number of hydrogen-bond acceptors (Lipinski definition) is 2.